The highest BCUT2D eigenvalue weighted by Crippen LogP contribution is 2.23. The summed E-state index contributed by atoms with van der Waals surface area (Å²) in [6, 6.07) is 6.39. The minimum absolute atomic E-state index is 0.0425. The van der Waals surface area contributed by atoms with Crippen molar-refractivity contribution in [2.45, 2.75) is 20.3 Å². The van der Waals surface area contributed by atoms with Crippen molar-refractivity contribution >= 4 is 17.6 Å². The fraction of sp³-hybridized carbons (Fsp3) is 0.556. The molecule has 6 nitrogen and oxygen atoms in total. The van der Waals surface area contributed by atoms with E-state index in [1.165, 1.54) is 23.9 Å². The van der Waals surface area contributed by atoms with Crippen LogP contribution in [0.15, 0.2) is 18.2 Å². The molecule has 1 aromatic carbocycles. The number of amides is 1. The predicted octanol–water partition coefficient (Wildman–Crippen LogP) is 1.10. The van der Waals surface area contributed by atoms with Crippen LogP contribution in [0.4, 0.5) is 5.69 Å². The van der Waals surface area contributed by atoms with Crippen LogP contribution in [0.3, 0.4) is 0 Å². The standard InChI is InChI=1S/C18H27N3O3/c1-14-5-4-6-16(15(14)2)21-11-9-20(10-12-21)13-17(22)19-8-7-18(23)24-3/h4-6H,7-13H2,1-3H3,(H,19,22). The second-order valence-electron chi connectivity index (χ2n) is 6.16. The number of anilines is 1. The topological polar surface area (TPSA) is 61.9 Å². The number of carbonyl (C=O) groups excluding carboxylic acids is 2. The Kier molecular flexibility index (Phi) is 6.61. The maximum Gasteiger partial charge on any atom is 0.307 e. The fourth-order valence-corrected chi connectivity index (χ4v) is 2.89. The Morgan fingerprint density at radius 3 is 2.54 bits per heavy atom. The molecule has 132 valence electrons. The molecule has 0 aromatic heterocycles. The van der Waals surface area contributed by atoms with Crippen LogP contribution in [0.2, 0.25) is 0 Å². The lowest BCUT2D eigenvalue weighted by Crippen LogP contribution is -2.49. The Morgan fingerprint density at radius 1 is 1.17 bits per heavy atom. The molecule has 0 radical (unpaired) electrons. The largest absolute Gasteiger partial charge is 0.469 e. The zero-order valence-electron chi connectivity index (χ0n) is 14.8. The van der Waals surface area contributed by atoms with Crippen LogP contribution in [0.5, 0.6) is 0 Å². The quantitative estimate of drug-likeness (QED) is 0.790. The summed E-state index contributed by atoms with van der Waals surface area (Å²) in [5.41, 5.74) is 3.92. The van der Waals surface area contributed by atoms with Crippen LogP contribution >= 0.6 is 0 Å². The second kappa shape index (κ2) is 8.68. The Bertz CT molecular complexity index is 581. The molecule has 1 aliphatic rings. The third kappa shape index (κ3) is 4.96. The Morgan fingerprint density at radius 2 is 1.88 bits per heavy atom. The molecule has 24 heavy (non-hydrogen) atoms. The van der Waals surface area contributed by atoms with E-state index in [2.05, 4.69) is 51.9 Å². The van der Waals surface area contributed by atoms with Gasteiger partial charge in [0.25, 0.3) is 0 Å². The van der Waals surface area contributed by atoms with E-state index < -0.39 is 0 Å². The first-order valence-electron chi connectivity index (χ1n) is 8.38. The van der Waals surface area contributed by atoms with Gasteiger partial charge in [0.05, 0.1) is 20.1 Å². The highest BCUT2D eigenvalue weighted by Gasteiger charge is 2.20. The van der Waals surface area contributed by atoms with Crippen molar-refractivity contribution in [3.05, 3.63) is 29.3 Å². The van der Waals surface area contributed by atoms with E-state index in [0.29, 0.717) is 13.1 Å². The highest BCUT2D eigenvalue weighted by atomic mass is 16.5. The number of benzene rings is 1. The maximum atomic E-state index is 11.9. The average Bonchev–Trinajstić information content (AvgIpc) is 2.58. The molecular formula is C18H27N3O3. The van der Waals surface area contributed by atoms with Crippen LogP contribution in [-0.2, 0) is 14.3 Å². The molecule has 1 heterocycles. The van der Waals surface area contributed by atoms with Gasteiger partial charge >= 0.3 is 5.97 Å². The monoisotopic (exact) mass is 333 g/mol. The summed E-state index contributed by atoms with van der Waals surface area (Å²) in [6.07, 6.45) is 0.211. The van der Waals surface area contributed by atoms with Gasteiger partial charge in [-0.1, -0.05) is 12.1 Å². The number of nitrogens with zero attached hydrogens (tertiary/aromatic N) is 2. The molecule has 1 N–H and O–H groups in total. The lowest BCUT2D eigenvalue weighted by molar-refractivity contribution is -0.140. The molecule has 1 aliphatic heterocycles. The van der Waals surface area contributed by atoms with Gasteiger partial charge in [-0.05, 0) is 31.0 Å². The summed E-state index contributed by atoms with van der Waals surface area (Å²) in [5, 5.41) is 2.76. The molecule has 1 amide bonds. The van der Waals surface area contributed by atoms with Crippen LogP contribution in [0.1, 0.15) is 17.5 Å². The molecule has 1 fully saturated rings. The molecule has 2 rings (SSSR count). The summed E-state index contributed by atoms with van der Waals surface area (Å²) in [5.74, 6) is -0.350. The van der Waals surface area contributed by atoms with Crippen LogP contribution in [-0.4, -0.2) is 63.2 Å². The molecule has 0 atom stereocenters. The van der Waals surface area contributed by atoms with Gasteiger partial charge in [0, 0.05) is 38.4 Å². The number of esters is 1. The van der Waals surface area contributed by atoms with Gasteiger partial charge < -0.3 is 15.0 Å². The molecule has 0 aliphatic carbocycles. The van der Waals surface area contributed by atoms with Crippen LogP contribution in [0, 0.1) is 13.8 Å². The summed E-state index contributed by atoms with van der Waals surface area (Å²) >= 11 is 0. The number of nitrogens with one attached hydrogen (secondary N) is 1. The summed E-state index contributed by atoms with van der Waals surface area (Å²) in [6.45, 7) is 8.55. The van der Waals surface area contributed by atoms with Crippen molar-refractivity contribution in [3.8, 4) is 0 Å². The first-order valence-corrected chi connectivity index (χ1v) is 8.38. The Hall–Kier alpha value is -2.08. The van der Waals surface area contributed by atoms with Gasteiger partial charge in [-0.15, -0.1) is 0 Å². The molecule has 6 heteroatoms. The van der Waals surface area contributed by atoms with Crippen LogP contribution < -0.4 is 10.2 Å². The van der Waals surface area contributed by atoms with E-state index >= 15 is 0 Å². The van der Waals surface area contributed by atoms with Crippen molar-refractivity contribution in [1.29, 1.82) is 0 Å². The number of carbonyl (C=O) groups is 2. The van der Waals surface area contributed by atoms with Gasteiger partial charge in [0.1, 0.15) is 0 Å². The normalized spacial score (nSPS) is 15.2. The van der Waals surface area contributed by atoms with E-state index in [4.69, 9.17) is 0 Å². The second-order valence-corrected chi connectivity index (χ2v) is 6.16. The van der Waals surface area contributed by atoms with Gasteiger partial charge in [0.15, 0.2) is 0 Å². The third-order valence-electron chi connectivity index (χ3n) is 4.54. The smallest absolute Gasteiger partial charge is 0.307 e. The molecule has 1 saturated heterocycles. The van der Waals surface area contributed by atoms with Gasteiger partial charge in [-0.2, -0.15) is 0 Å². The lowest BCUT2D eigenvalue weighted by atomic mass is 10.1. The number of methoxy groups -OCH3 is 1. The number of piperazine rings is 1. The van der Waals surface area contributed by atoms with E-state index in [-0.39, 0.29) is 18.3 Å². The van der Waals surface area contributed by atoms with Gasteiger partial charge in [0.2, 0.25) is 5.91 Å². The van der Waals surface area contributed by atoms with E-state index in [1.54, 1.807) is 0 Å². The first-order chi connectivity index (χ1) is 11.5. The first kappa shape index (κ1) is 18.3. The number of aryl methyl sites for hydroxylation is 1. The zero-order valence-corrected chi connectivity index (χ0v) is 14.8. The van der Waals surface area contributed by atoms with Crippen molar-refractivity contribution in [3.63, 3.8) is 0 Å². The van der Waals surface area contributed by atoms with Crippen molar-refractivity contribution in [1.82, 2.24) is 10.2 Å². The van der Waals surface area contributed by atoms with Crippen molar-refractivity contribution < 1.29 is 14.3 Å². The fourth-order valence-electron chi connectivity index (χ4n) is 2.89. The number of ether oxygens (including phenoxy) is 1. The number of hydrogen-bond acceptors (Lipinski definition) is 5. The van der Waals surface area contributed by atoms with E-state index in [9.17, 15) is 9.59 Å². The van der Waals surface area contributed by atoms with E-state index in [1.807, 2.05) is 0 Å². The van der Waals surface area contributed by atoms with Gasteiger partial charge in [-0.25, -0.2) is 0 Å². The molecular weight excluding hydrogens is 306 g/mol. The molecule has 1 aromatic rings. The number of hydrogen-bond donors (Lipinski definition) is 1. The zero-order chi connectivity index (χ0) is 17.5. The Labute approximate surface area is 143 Å². The van der Waals surface area contributed by atoms with Crippen molar-refractivity contribution in [2.75, 3.05) is 51.3 Å². The van der Waals surface area contributed by atoms with E-state index in [0.717, 1.165) is 26.2 Å². The Balaban J connectivity index is 1.75. The number of rotatable bonds is 6. The summed E-state index contributed by atoms with van der Waals surface area (Å²) in [7, 11) is 1.35. The molecule has 0 saturated carbocycles. The predicted molar refractivity (Wildman–Crippen MR) is 94.2 cm³/mol. The molecule has 0 bridgehead atoms. The van der Waals surface area contributed by atoms with Crippen LogP contribution in [0.25, 0.3) is 0 Å². The molecule has 0 spiro atoms. The highest BCUT2D eigenvalue weighted by molar-refractivity contribution is 5.78. The minimum Gasteiger partial charge on any atom is -0.469 e. The third-order valence-corrected chi connectivity index (χ3v) is 4.54. The summed E-state index contributed by atoms with van der Waals surface area (Å²) < 4.78 is 4.55. The van der Waals surface area contributed by atoms with Crippen molar-refractivity contribution in [2.24, 2.45) is 0 Å². The summed E-state index contributed by atoms with van der Waals surface area (Å²) in [4.78, 5) is 27.5. The minimum atomic E-state index is -0.308. The maximum absolute atomic E-state index is 11.9. The molecule has 0 unspecified atom stereocenters. The van der Waals surface area contributed by atoms with Gasteiger partial charge in [-0.3, -0.25) is 14.5 Å². The average molecular weight is 333 g/mol. The lowest BCUT2D eigenvalue weighted by Gasteiger charge is -2.36. The SMILES string of the molecule is COC(=O)CCNC(=O)CN1CCN(c2cccc(C)c2C)CC1.